The van der Waals surface area contributed by atoms with E-state index in [0.29, 0.717) is 19.1 Å². The summed E-state index contributed by atoms with van der Waals surface area (Å²) in [6, 6.07) is 5.96. The van der Waals surface area contributed by atoms with Gasteiger partial charge in [0.2, 0.25) is 5.88 Å². The molecule has 1 atom stereocenters. The predicted molar refractivity (Wildman–Crippen MR) is 103 cm³/mol. The summed E-state index contributed by atoms with van der Waals surface area (Å²) in [5.41, 5.74) is 9.75. The summed E-state index contributed by atoms with van der Waals surface area (Å²) < 4.78 is 5.96. The van der Waals surface area contributed by atoms with Gasteiger partial charge in [0.1, 0.15) is 12.4 Å². The van der Waals surface area contributed by atoms with Crippen molar-refractivity contribution in [2.24, 2.45) is 16.6 Å². The molecule has 2 aliphatic heterocycles. The van der Waals surface area contributed by atoms with Gasteiger partial charge in [-0.15, -0.1) is 0 Å². The summed E-state index contributed by atoms with van der Waals surface area (Å²) in [7, 11) is 1.84. The average molecular weight is 341 g/mol. The normalized spacial score (nSPS) is 18.6. The van der Waals surface area contributed by atoms with Crippen LogP contribution in [0.1, 0.15) is 32.8 Å². The maximum absolute atomic E-state index is 10.5. The maximum Gasteiger partial charge on any atom is 0.200 e. The van der Waals surface area contributed by atoms with E-state index < -0.39 is 0 Å². The largest absolute Gasteiger partial charge is 0.494 e. The molecule has 1 aromatic rings. The molecule has 134 valence electrons. The van der Waals surface area contributed by atoms with Gasteiger partial charge in [-0.3, -0.25) is 4.99 Å². The molecule has 2 heterocycles. The fraction of sp³-hybridized carbons (Fsp3) is 0.450. The first-order valence-electron chi connectivity index (χ1n) is 8.72. The summed E-state index contributed by atoms with van der Waals surface area (Å²) in [6.45, 7) is 7.43. The van der Waals surface area contributed by atoms with Crippen molar-refractivity contribution < 1.29 is 9.84 Å². The van der Waals surface area contributed by atoms with E-state index in [1.54, 1.807) is 11.1 Å². The Balaban J connectivity index is 1.84. The zero-order valence-corrected chi connectivity index (χ0v) is 15.4. The zero-order valence-electron chi connectivity index (χ0n) is 15.4. The molecule has 0 amide bonds. The maximum atomic E-state index is 10.5. The van der Waals surface area contributed by atoms with Gasteiger partial charge in [0, 0.05) is 30.4 Å². The molecule has 0 spiro atoms. The Morgan fingerprint density at radius 3 is 2.88 bits per heavy atom. The van der Waals surface area contributed by atoms with Gasteiger partial charge < -0.3 is 20.5 Å². The molecule has 0 radical (unpaired) electrons. The average Bonchev–Trinajstić information content (AvgIpc) is 2.57. The van der Waals surface area contributed by atoms with Crippen molar-refractivity contribution in [2.75, 3.05) is 25.1 Å². The molecule has 5 heteroatoms. The molecule has 0 saturated carbocycles. The number of hydrogen-bond donors (Lipinski definition) is 2. The highest BCUT2D eigenvalue weighted by molar-refractivity contribution is 6.07. The Bertz CT molecular complexity index is 760. The SMILES string of the molecule is CC(C)CC(C)(N)COc1ccc2c(c1)N(C)C(O)=C1C=NCC=C12. The van der Waals surface area contributed by atoms with Gasteiger partial charge in [-0.05, 0) is 37.0 Å². The van der Waals surface area contributed by atoms with Crippen LogP contribution < -0.4 is 15.4 Å². The summed E-state index contributed by atoms with van der Waals surface area (Å²) >= 11 is 0. The first-order chi connectivity index (χ1) is 11.8. The number of anilines is 1. The second-order valence-corrected chi connectivity index (χ2v) is 7.63. The van der Waals surface area contributed by atoms with Crippen LogP contribution in [-0.4, -0.2) is 37.1 Å². The number of fused-ring (bicyclic) bond motifs is 3. The monoisotopic (exact) mass is 341 g/mol. The van der Waals surface area contributed by atoms with Gasteiger partial charge in [0.25, 0.3) is 0 Å². The summed E-state index contributed by atoms with van der Waals surface area (Å²) in [4.78, 5) is 6.00. The minimum absolute atomic E-state index is 0.211. The second-order valence-electron chi connectivity index (χ2n) is 7.63. The van der Waals surface area contributed by atoms with E-state index in [2.05, 4.69) is 18.8 Å². The minimum atomic E-state index is -0.368. The van der Waals surface area contributed by atoms with E-state index in [9.17, 15) is 5.11 Å². The van der Waals surface area contributed by atoms with Crippen LogP contribution in [0.15, 0.2) is 40.7 Å². The summed E-state index contributed by atoms with van der Waals surface area (Å²) in [6.07, 6.45) is 4.68. The third-order valence-electron chi connectivity index (χ3n) is 4.53. The number of allylic oxidation sites excluding steroid dienone is 2. The number of benzene rings is 1. The van der Waals surface area contributed by atoms with Crippen LogP contribution in [0.25, 0.3) is 5.57 Å². The van der Waals surface area contributed by atoms with Crippen molar-refractivity contribution in [3.8, 4) is 5.75 Å². The van der Waals surface area contributed by atoms with Gasteiger partial charge in [0.05, 0.1) is 17.8 Å². The number of dihydropyridines is 1. The van der Waals surface area contributed by atoms with Gasteiger partial charge in [-0.25, -0.2) is 0 Å². The molecule has 25 heavy (non-hydrogen) atoms. The molecule has 3 rings (SSSR count). The number of aliphatic hydroxyl groups excluding tert-OH is 1. The second kappa shape index (κ2) is 6.56. The molecular formula is C20H27N3O2. The Morgan fingerprint density at radius 2 is 2.16 bits per heavy atom. The fourth-order valence-corrected chi connectivity index (χ4v) is 3.54. The number of nitrogens with zero attached hydrogens (tertiary/aromatic N) is 2. The quantitative estimate of drug-likeness (QED) is 0.860. The lowest BCUT2D eigenvalue weighted by Gasteiger charge is -2.31. The van der Waals surface area contributed by atoms with Crippen LogP contribution in [0, 0.1) is 5.92 Å². The van der Waals surface area contributed by atoms with Gasteiger partial charge >= 0.3 is 0 Å². The van der Waals surface area contributed by atoms with Crippen LogP contribution in [0.2, 0.25) is 0 Å². The van der Waals surface area contributed by atoms with E-state index >= 15 is 0 Å². The van der Waals surface area contributed by atoms with Crippen molar-refractivity contribution >= 4 is 17.5 Å². The van der Waals surface area contributed by atoms with Gasteiger partial charge in [0.15, 0.2) is 0 Å². The Morgan fingerprint density at radius 1 is 1.40 bits per heavy atom. The molecule has 3 N–H and O–H groups in total. The standard InChI is InChI=1S/C20H27N3O2/c1-13(2)10-20(3,21)12-25-14-5-6-16-15-7-8-22-11-17(15)19(24)23(4)18(16)9-14/h5-7,9,11,13,24H,8,10,12,21H2,1-4H3. The number of rotatable bonds is 5. The molecule has 1 aromatic carbocycles. The van der Waals surface area contributed by atoms with E-state index in [1.165, 1.54) is 0 Å². The number of aliphatic hydroxyl groups is 1. The Hall–Kier alpha value is -2.27. The van der Waals surface area contributed by atoms with Crippen LogP contribution in [-0.2, 0) is 0 Å². The molecule has 2 aliphatic rings. The van der Waals surface area contributed by atoms with Crippen molar-refractivity contribution in [1.29, 1.82) is 0 Å². The number of ether oxygens (including phenoxy) is 1. The molecule has 0 aromatic heterocycles. The van der Waals surface area contributed by atoms with Gasteiger partial charge in [-0.2, -0.15) is 0 Å². The topological polar surface area (TPSA) is 71.1 Å². The van der Waals surface area contributed by atoms with Crippen molar-refractivity contribution in [1.82, 2.24) is 0 Å². The van der Waals surface area contributed by atoms with E-state index in [-0.39, 0.29) is 11.4 Å². The molecular weight excluding hydrogens is 314 g/mol. The first-order valence-corrected chi connectivity index (χ1v) is 8.72. The lowest BCUT2D eigenvalue weighted by atomic mass is 9.91. The van der Waals surface area contributed by atoms with Gasteiger partial charge in [-0.1, -0.05) is 19.9 Å². The molecule has 0 aliphatic carbocycles. The zero-order chi connectivity index (χ0) is 18.2. The number of hydrogen-bond acceptors (Lipinski definition) is 5. The summed E-state index contributed by atoms with van der Waals surface area (Å²) in [5.74, 6) is 1.49. The summed E-state index contributed by atoms with van der Waals surface area (Å²) in [5, 5.41) is 10.5. The molecule has 0 fully saturated rings. The highest BCUT2D eigenvalue weighted by Gasteiger charge is 2.27. The predicted octanol–water partition coefficient (Wildman–Crippen LogP) is 3.52. The van der Waals surface area contributed by atoms with Crippen LogP contribution >= 0.6 is 0 Å². The third kappa shape index (κ3) is 3.56. The molecule has 0 saturated heterocycles. The number of aliphatic imine (C=N–C) groups is 1. The van der Waals surface area contributed by atoms with E-state index in [1.807, 2.05) is 38.2 Å². The van der Waals surface area contributed by atoms with Crippen molar-refractivity contribution in [2.45, 2.75) is 32.7 Å². The van der Waals surface area contributed by atoms with Crippen LogP contribution in [0.3, 0.4) is 0 Å². The highest BCUT2D eigenvalue weighted by atomic mass is 16.5. The highest BCUT2D eigenvalue weighted by Crippen LogP contribution is 2.41. The smallest absolute Gasteiger partial charge is 0.200 e. The third-order valence-corrected chi connectivity index (χ3v) is 4.53. The Labute approximate surface area is 149 Å². The molecule has 1 unspecified atom stereocenters. The Kier molecular flexibility index (Phi) is 4.60. The van der Waals surface area contributed by atoms with E-state index in [4.69, 9.17) is 10.5 Å². The molecule has 0 bridgehead atoms. The van der Waals surface area contributed by atoms with Crippen LogP contribution in [0.5, 0.6) is 5.75 Å². The van der Waals surface area contributed by atoms with Crippen molar-refractivity contribution in [3.05, 3.63) is 41.3 Å². The van der Waals surface area contributed by atoms with E-state index in [0.717, 1.165) is 34.6 Å². The lowest BCUT2D eigenvalue weighted by molar-refractivity contribution is 0.207. The fourth-order valence-electron chi connectivity index (χ4n) is 3.54. The molecule has 5 nitrogen and oxygen atoms in total. The lowest BCUT2D eigenvalue weighted by Crippen LogP contribution is -2.43. The van der Waals surface area contributed by atoms with Crippen LogP contribution in [0.4, 0.5) is 5.69 Å². The first kappa shape index (κ1) is 17.5. The minimum Gasteiger partial charge on any atom is -0.494 e. The van der Waals surface area contributed by atoms with Crippen molar-refractivity contribution in [3.63, 3.8) is 0 Å². The number of nitrogens with two attached hydrogens (primary N) is 1.